The summed E-state index contributed by atoms with van der Waals surface area (Å²) >= 11 is 1.78. The lowest BCUT2D eigenvalue weighted by Crippen LogP contribution is -2.01. The lowest BCUT2D eigenvalue weighted by Gasteiger charge is -2.08. The van der Waals surface area contributed by atoms with Crippen molar-refractivity contribution in [3.05, 3.63) is 40.1 Å². The van der Waals surface area contributed by atoms with Crippen LogP contribution in [0, 0.1) is 0 Å². The van der Waals surface area contributed by atoms with E-state index in [9.17, 15) is 0 Å². The molecule has 3 nitrogen and oxygen atoms in total. The van der Waals surface area contributed by atoms with Crippen molar-refractivity contribution in [3.63, 3.8) is 0 Å². The molecule has 90 valence electrons. The molecule has 0 saturated heterocycles. The quantitative estimate of drug-likeness (QED) is 0.727. The van der Waals surface area contributed by atoms with E-state index in [2.05, 4.69) is 23.7 Å². The second kappa shape index (κ2) is 5.10. The van der Waals surface area contributed by atoms with Crippen LogP contribution in [-0.4, -0.2) is 0 Å². The van der Waals surface area contributed by atoms with Gasteiger partial charge < -0.3 is 16.8 Å². The molecule has 1 aromatic carbocycles. The second-order valence-electron chi connectivity index (χ2n) is 3.92. The number of hydrogen-bond donors (Lipinski definition) is 3. The standard InChI is InChI=1S/C13H17N3S/c1-2-9-5-6-17-13(9)8-16-10-3-4-11(14)12(15)7-10/h3-7,16H,2,8,14-15H2,1H3. The Morgan fingerprint density at radius 1 is 1.18 bits per heavy atom. The third-order valence-corrected chi connectivity index (χ3v) is 3.72. The lowest BCUT2D eigenvalue weighted by molar-refractivity contribution is 1.08. The molecule has 0 aliphatic heterocycles. The van der Waals surface area contributed by atoms with E-state index in [-0.39, 0.29) is 0 Å². The van der Waals surface area contributed by atoms with Gasteiger partial charge in [-0.2, -0.15) is 0 Å². The number of benzene rings is 1. The Kier molecular flexibility index (Phi) is 3.54. The summed E-state index contributed by atoms with van der Waals surface area (Å²) in [6.45, 7) is 3.01. The Balaban J connectivity index is 2.05. The first-order chi connectivity index (χ1) is 8.20. The molecule has 0 fully saturated rings. The Hall–Kier alpha value is -1.68. The van der Waals surface area contributed by atoms with Crippen molar-refractivity contribution in [3.8, 4) is 0 Å². The van der Waals surface area contributed by atoms with Crippen molar-refractivity contribution in [2.24, 2.45) is 0 Å². The van der Waals surface area contributed by atoms with Crippen LogP contribution in [0.15, 0.2) is 29.6 Å². The van der Waals surface area contributed by atoms with Crippen molar-refractivity contribution in [1.82, 2.24) is 0 Å². The van der Waals surface area contributed by atoms with Crippen molar-refractivity contribution in [1.29, 1.82) is 0 Å². The van der Waals surface area contributed by atoms with Gasteiger partial charge >= 0.3 is 0 Å². The molecule has 5 N–H and O–H groups in total. The number of nitrogens with one attached hydrogen (secondary N) is 1. The van der Waals surface area contributed by atoms with Crippen LogP contribution in [0.1, 0.15) is 17.4 Å². The zero-order valence-electron chi connectivity index (χ0n) is 9.86. The van der Waals surface area contributed by atoms with E-state index >= 15 is 0 Å². The fourth-order valence-electron chi connectivity index (χ4n) is 1.70. The maximum atomic E-state index is 5.76. The molecule has 4 heteroatoms. The molecule has 0 atom stereocenters. The van der Waals surface area contributed by atoms with Gasteiger partial charge in [0.15, 0.2) is 0 Å². The molecule has 2 aromatic rings. The minimum Gasteiger partial charge on any atom is -0.397 e. The zero-order chi connectivity index (χ0) is 12.3. The van der Waals surface area contributed by atoms with Crippen LogP contribution in [0.2, 0.25) is 0 Å². The number of aryl methyl sites for hydroxylation is 1. The average molecular weight is 247 g/mol. The van der Waals surface area contributed by atoms with Gasteiger partial charge in [0, 0.05) is 17.1 Å². The normalized spacial score (nSPS) is 10.4. The SMILES string of the molecule is CCc1ccsc1CNc1ccc(N)c(N)c1. The van der Waals surface area contributed by atoms with Gasteiger partial charge in [0.25, 0.3) is 0 Å². The van der Waals surface area contributed by atoms with Gasteiger partial charge in [-0.1, -0.05) is 6.92 Å². The van der Waals surface area contributed by atoms with E-state index in [4.69, 9.17) is 11.5 Å². The largest absolute Gasteiger partial charge is 0.397 e. The van der Waals surface area contributed by atoms with Crippen molar-refractivity contribution in [2.75, 3.05) is 16.8 Å². The van der Waals surface area contributed by atoms with Gasteiger partial charge in [-0.05, 0) is 41.6 Å². The van der Waals surface area contributed by atoms with Crippen LogP contribution in [0.3, 0.4) is 0 Å². The second-order valence-corrected chi connectivity index (χ2v) is 4.92. The van der Waals surface area contributed by atoms with E-state index in [1.807, 2.05) is 18.2 Å². The molecule has 0 spiro atoms. The van der Waals surface area contributed by atoms with Gasteiger partial charge in [0.05, 0.1) is 11.4 Å². The van der Waals surface area contributed by atoms with E-state index < -0.39 is 0 Å². The Bertz CT molecular complexity index is 505. The molecule has 1 heterocycles. The molecular formula is C13H17N3S. The first kappa shape index (κ1) is 11.8. The van der Waals surface area contributed by atoms with Gasteiger partial charge in [-0.25, -0.2) is 0 Å². The van der Waals surface area contributed by atoms with Gasteiger partial charge in [0.1, 0.15) is 0 Å². The number of nitrogens with two attached hydrogens (primary N) is 2. The summed E-state index contributed by atoms with van der Waals surface area (Å²) in [6.07, 6.45) is 1.07. The van der Waals surface area contributed by atoms with Crippen LogP contribution in [0.4, 0.5) is 17.1 Å². The molecule has 0 radical (unpaired) electrons. The summed E-state index contributed by atoms with van der Waals surface area (Å²) in [6, 6.07) is 7.82. The maximum Gasteiger partial charge on any atom is 0.0568 e. The smallest absolute Gasteiger partial charge is 0.0568 e. The minimum absolute atomic E-state index is 0.622. The number of rotatable bonds is 4. The van der Waals surface area contributed by atoms with Crippen LogP contribution >= 0.6 is 11.3 Å². The van der Waals surface area contributed by atoms with Crippen molar-refractivity contribution >= 4 is 28.4 Å². The van der Waals surface area contributed by atoms with Gasteiger partial charge in [-0.15, -0.1) is 11.3 Å². The van der Waals surface area contributed by atoms with Crippen LogP contribution < -0.4 is 16.8 Å². The predicted molar refractivity (Wildman–Crippen MR) is 76.3 cm³/mol. The van der Waals surface area contributed by atoms with Gasteiger partial charge in [0.2, 0.25) is 0 Å². The van der Waals surface area contributed by atoms with Crippen molar-refractivity contribution < 1.29 is 0 Å². The van der Waals surface area contributed by atoms with Crippen LogP contribution in [0.25, 0.3) is 0 Å². The summed E-state index contributed by atoms with van der Waals surface area (Å²) in [5, 5.41) is 5.50. The predicted octanol–water partition coefficient (Wildman–Crippen LogP) is 3.09. The number of thiophene rings is 1. The molecule has 0 aliphatic carbocycles. The highest BCUT2D eigenvalue weighted by atomic mass is 32.1. The fourth-order valence-corrected chi connectivity index (χ4v) is 2.62. The monoisotopic (exact) mass is 247 g/mol. The molecule has 17 heavy (non-hydrogen) atoms. The third kappa shape index (κ3) is 2.71. The summed E-state index contributed by atoms with van der Waals surface area (Å²) in [7, 11) is 0. The first-order valence-electron chi connectivity index (χ1n) is 5.64. The van der Waals surface area contributed by atoms with E-state index in [0.29, 0.717) is 11.4 Å². The maximum absolute atomic E-state index is 5.76. The Morgan fingerprint density at radius 2 is 2.00 bits per heavy atom. The summed E-state index contributed by atoms with van der Waals surface area (Å²) in [4.78, 5) is 1.38. The summed E-state index contributed by atoms with van der Waals surface area (Å²) < 4.78 is 0. The van der Waals surface area contributed by atoms with Crippen LogP contribution in [0.5, 0.6) is 0 Å². The topological polar surface area (TPSA) is 64.1 Å². The highest BCUT2D eigenvalue weighted by Gasteiger charge is 2.02. The van der Waals surface area contributed by atoms with E-state index in [1.165, 1.54) is 10.4 Å². The molecular weight excluding hydrogens is 230 g/mol. The molecule has 1 aromatic heterocycles. The fraction of sp³-hybridized carbons (Fsp3) is 0.231. The molecule has 0 unspecified atom stereocenters. The van der Waals surface area contributed by atoms with Crippen molar-refractivity contribution in [2.45, 2.75) is 19.9 Å². The summed E-state index contributed by atoms with van der Waals surface area (Å²) in [5.41, 5.74) is 15.1. The Morgan fingerprint density at radius 3 is 2.71 bits per heavy atom. The number of nitrogen functional groups attached to an aromatic ring is 2. The molecule has 0 bridgehead atoms. The number of anilines is 3. The molecule has 0 amide bonds. The summed E-state index contributed by atoms with van der Waals surface area (Å²) in [5.74, 6) is 0. The van der Waals surface area contributed by atoms with E-state index in [1.54, 1.807) is 11.3 Å². The minimum atomic E-state index is 0.622. The molecule has 0 aliphatic rings. The van der Waals surface area contributed by atoms with Gasteiger partial charge in [-0.3, -0.25) is 0 Å². The molecule has 0 saturated carbocycles. The highest BCUT2D eigenvalue weighted by Crippen LogP contribution is 2.22. The van der Waals surface area contributed by atoms with Crippen LogP contribution in [-0.2, 0) is 13.0 Å². The number of hydrogen-bond acceptors (Lipinski definition) is 4. The first-order valence-corrected chi connectivity index (χ1v) is 6.52. The van der Waals surface area contributed by atoms with E-state index in [0.717, 1.165) is 18.7 Å². The molecule has 2 rings (SSSR count). The third-order valence-electron chi connectivity index (χ3n) is 2.76. The zero-order valence-corrected chi connectivity index (χ0v) is 10.7. The average Bonchev–Trinajstić information content (AvgIpc) is 2.78. The lowest BCUT2D eigenvalue weighted by atomic mass is 10.2. The highest BCUT2D eigenvalue weighted by molar-refractivity contribution is 7.10. The Labute approximate surface area is 105 Å².